The van der Waals surface area contributed by atoms with Gasteiger partial charge in [-0.1, -0.05) is 39.0 Å². The van der Waals surface area contributed by atoms with Crippen LogP contribution < -0.4 is 5.32 Å². The monoisotopic (exact) mass is 244 g/mol. The van der Waals surface area contributed by atoms with Gasteiger partial charge in [0.15, 0.2) is 0 Å². The fourth-order valence-electron chi connectivity index (χ4n) is 2.57. The molecule has 2 rings (SSSR count). The van der Waals surface area contributed by atoms with Gasteiger partial charge in [-0.2, -0.15) is 0 Å². The van der Waals surface area contributed by atoms with Crippen LogP contribution in [-0.2, 0) is 12.8 Å². The van der Waals surface area contributed by atoms with Gasteiger partial charge in [0.05, 0.1) is 0 Å². The molecule has 0 radical (unpaired) electrons. The van der Waals surface area contributed by atoms with Crippen LogP contribution in [0.4, 0.5) is 0 Å². The third-order valence-electron chi connectivity index (χ3n) is 3.55. The van der Waals surface area contributed by atoms with Gasteiger partial charge in [0.2, 0.25) is 0 Å². The summed E-state index contributed by atoms with van der Waals surface area (Å²) in [4.78, 5) is 3.56. The molecule has 0 unspecified atom stereocenters. The van der Waals surface area contributed by atoms with Gasteiger partial charge in [-0.15, -0.1) is 0 Å². The minimum Gasteiger partial charge on any atom is -0.358 e. The molecule has 0 amide bonds. The van der Waals surface area contributed by atoms with E-state index in [-0.39, 0.29) is 0 Å². The second-order valence-corrected chi connectivity index (χ2v) is 5.28. The van der Waals surface area contributed by atoms with Crippen LogP contribution in [0.5, 0.6) is 0 Å². The molecule has 0 fully saturated rings. The molecule has 0 aliphatic rings. The van der Waals surface area contributed by atoms with Crippen LogP contribution in [0.15, 0.2) is 18.2 Å². The fraction of sp³-hybridized carbons (Fsp3) is 0.500. The quantitative estimate of drug-likeness (QED) is 0.826. The average Bonchev–Trinajstić information content (AvgIpc) is 2.65. The van der Waals surface area contributed by atoms with Crippen molar-refractivity contribution >= 4 is 10.9 Å². The van der Waals surface area contributed by atoms with Crippen molar-refractivity contribution in [1.82, 2.24) is 10.3 Å². The summed E-state index contributed by atoms with van der Waals surface area (Å²) in [6, 6.07) is 7.19. The van der Waals surface area contributed by atoms with E-state index in [0.29, 0.717) is 6.04 Å². The third-order valence-corrected chi connectivity index (χ3v) is 3.55. The smallest absolute Gasteiger partial charge is 0.0491 e. The second-order valence-electron chi connectivity index (χ2n) is 5.28. The second kappa shape index (κ2) is 5.57. The molecular weight excluding hydrogens is 220 g/mol. The van der Waals surface area contributed by atoms with Crippen molar-refractivity contribution < 1.29 is 0 Å². The number of nitrogens with one attached hydrogen (secondary N) is 2. The zero-order valence-electron chi connectivity index (χ0n) is 11.9. The van der Waals surface area contributed by atoms with Crippen molar-refractivity contribution in [3.8, 4) is 0 Å². The molecule has 1 aromatic heterocycles. The molecule has 2 aromatic rings. The maximum atomic E-state index is 3.56. The van der Waals surface area contributed by atoms with Crippen molar-refractivity contribution in [2.75, 3.05) is 6.54 Å². The summed E-state index contributed by atoms with van der Waals surface area (Å²) in [5, 5.41) is 4.89. The first-order valence-electron chi connectivity index (χ1n) is 6.96. The first-order chi connectivity index (χ1) is 8.63. The van der Waals surface area contributed by atoms with E-state index in [2.05, 4.69) is 56.2 Å². The van der Waals surface area contributed by atoms with Crippen LogP contribution in [0.1, 0.15) is 37.6 Å². The molecule has 0 spiro atoms. The van der Waals surface area contributed by atoms with Crippen LogP contribution in [0.3, 0.4) is 0 Å². The summed E-state index contributed by atoms with van der Waals surface area (Å²) in [5.41, 5.74) is 5.53. The van der Waals surface area contributed by atoms with Crippen molar-refractivity contribution in [2.24, 2.45) is 0 Å². The zero-order chi connectivity index (χ0) is 13.1. The molecule has 98 valence electrons. The standard InChI is InChI=1S/C16H24N2/c1-5-13-7-6-8-15-14(9-10-17-11(2)3)12(4)18-16(13)15/h6-8,11,17-18H,5,9-10H2,1-4H3. The maximum absolute atomic E-state index is 3.56. The van der Waals surface area contributed by atoms with E-state index in [1.165, 1.54) is 27.7 Å². The number of H-pyrrole nitrogens is 1. The largest absolute Gasteiger partial charge is 0.358 e. The Hall–Kier alpha value is -1.28. The molecule has 0 atom stereocenters. The predicted molar refractivity (Wildman–Crippen MR) is 79.3 cm³/mol. The number of aromatic amines is 1. The molecule has 1 aromatic carbocycles. The molecule has 2 nitrogen and oxygen atoms in total. The first-order valence-corrected chi connectivity index (χ1v) is 6.96. The van der Waals surface area contributed by atoms with Crippen LogP contribution >= 0.6 is 0 Å². The van der Waals surface area contributed by atoms with Gasteiger partial charge in [0.25, 0.3) is 0 Å². The minimum atomic E-state index is 0.557. The van der Waals surface area contributed by atoms with E-state index in [4.69, 9.17) is 0 Å². The highest BCUT2D eigenvalue weighted by molar-refractivity contribution is 5.87. The van der Waals surface area contributed by atoms with Crippen molar-refractivity contribution in [3.05, 3.63) is 35.0 Å². The number of aromatic nitrogens is 1. The van der Waals surface area contributed by atoms with Crippen LogP contribution in [0, 0.1) is 6.92 Å². The number of para-hydroxylation sites is 1. The van der Waals surface area contributed by atoms with E-state index in [0.717, 1.165) is 19.4 Å². The SMILES string of the molecule is CCc1cccc2c(CCNC(C)C)c(C)[nH]c12. The highest BCUT2D eigenvalue weighted by atomic mass is 14.9. The molecule has 1 heterocycles. The topological polar surface area (TPSA) is 27.8 Å². The lowest BCUT2D eigenvalue weighted by molar-refractivity contribution is 0.590. The van der Waals surface area contributed by atoms with E-state index in [1.54, 1.807) is 0 Å². The van der Waals surface area contributed by atoms with Gasteiger partial charge in [0, 0.05) is 22.6 Å². The number of benzene rings is 1. The van der Waals surface area contributed by atoms with Crippen molar-refractivity contribution in [2.45, 2.75) is 46.6 Å². The summed E-state index contributed by atoms with van der Waals surface area (Å²) >= 11 is 0. The van der Waals surface area contributed by atoms with Crippen LogP contribution in [-0.4, -0.2) is 17.6 Å². The van der Waals surface area contributed by atoms with E-state index < -0.39 is 0 Å². The molecule has 0 aliphatic heterocycles. The molecule has 0 saturated heterocycles. The molecule has 18 heavy (non-hydrogen) atoms. The summed E-state index contributed by atoms with van der Waals surface area (Å²) in [7, 11) is 0. The van der Waals surface area contributed by atoms with Gasteiger partial charge in [0.1, 0.15) is 0 Å². The Kier molecular flexibility index (Phi) is 4.07. The lowest BCUT2D eigenvalue weighted by Gasteiger charge is -2.08. The number of aryl methyl sites for hydroxylation is 2. The Morgan fingerprint density at radius 1 is 1.28 bits per heavy atom. The highest BCUT2D eigenvalue weighted by Crippen LogP contribution is 2.25. The zero-order valence-corrected chi connectivity index (χ0v) is 11.9. The Bertz CT molecular complexity index is 523. The van der Waals surface area contributed by atoms with Crippen LogP contribution in [0.25, 0.3) is 10.9 Å². The lowest BCUT2D eigenvalue weighted by atomic mass is 10.0. The molecule has 2 N–H and O–H groups in total. The Labute approximate surface area is 110 Å². The van der Waals surface area contributed by atoms with Gasteiger partial charge in [-0.25, -0.2) is 0 Å². The highest BCUT2D eigenvalue weighted by Gasteiger charge is 2.10. The van der Waals surface area contributed by atoms with Gasteiger partial charge in [-0.05, 0) is 37.4 Å². The molecular formula is C16H24N2. The molecule has 0 saturated carbocycles. The first kappa shape index (κ1) is 13.2. The fourth-order valence-corrected chi connectivity index (χ4v) is 2.57. The Balaban J connectivity index is 2.30. The average molecular weight is 244 g/mol. The summed E-state index contributed by atoms with van der Waals surface area (Å²) in [6.07, 6.45) is 2.18. The molecule has 0 aliphatic carbocycles. The summed E-state index contributed by atoms with van der Waals surface area (Å²) < 4.78 is 0. The number of hydrogen-bond donors (Lipinski definition) is 2. The Morgan fingerprint density at radius 3 is 2.72 bits per heavy atom. The van der Waals surface area contributed by atoms with Gasteiger partial charge >= 0.3 is 0 Å². The predicted octanol–water partition coefficient (Wildman–Crippen LogP) is 3.58. The minimum absolute atomic E-state index is 0.557. The van der Waals surface area contributed by atoms with Crippen LogP contribution in [0.2, 0.25) is 0 Å². The van der Waals surface area contributed by atoms with Gasteiger partial charge < -0.3 is 10.3 Å². The maximum Gasteiger partial charge on any atom is 0.0491 e. The number of hydrogen-bond acceptors (Lipinski definition) is 1. The summed E-state index contributed by atoms with van der Waals surface area (Å²) in [5.74, 6) is 0. The molecule has 2 heteroatoms. The number of fused-ring (bicyclic) bond motifs is 1. The van der Waals surface area contributed by atoms with E-state index in [9.17, 15) is 0 Å². The van der Waals surface area contributed by atoms with E-state index >= 15 is 0 Å². The van der Waals surface area contributed by atoms with Gasteiger partial charge in [-0.3, -0.25) is 0 Å². The molecule has 0 bridgehead atoms. The van der Waals surface area contributed by atoms with E-state index in [1.807, 2.05) is 0 Å². The van der Waals surface area contributed by atoms with Crippen molar-refractivity contribution in [3.63, 3.8) is 0 Å². The Morgan fingerprint density at radius 2 is 2.06 bits per heavy atom. The normalized spacial score (nSPS) is 11.6. The number of rotatable bonds is 5. The lowest BCUT2D eigenvalue weighted by Crippen LogP contribution is -2.25. The third kappa shape index (κ3) is 2.59. The summed E-state index contributed by atoms with van der Waals surface area (Å²) in [6.45, 7) is 9.82. The van der Waals surface area contributed by atoms with Crippen molar-refractivity contribution in [1.29, 1.82) is 0 Å².